The highest BCUT2D eigenvalue weighted by atomic mass is 16.5. The predicted octanol–water partition coefficient (Wildman–Crippen LogP) is 2.42. The first-order chi connectivity index (χ1) is 15.0. The maximum absolute atomic E-state index is 12.7. The number of urea groups is 1. The summed E-state index contributed by atoms with van der Waals surface area (Å²) >= 11 is 0. The van der Waals surface area contributed by atoms with E-state index in [0.29, 0.717) is 24.5 Å². The van der Waals surface area contributed by atoms with Gasteiger partial charge in [0, 0.05) is 13.1 Å². The van der Waals surface area contributed by atoms with Crippen LogP contribution in [0.4, 0.5) is 4.79 Å². The zero-order valence-corrected chi connectivity index (χ0v) is 17.8. The molecule has 0 saturated carbocycles. The van der Waals surface area contributed by atoms with Crippen molar-refractivity contribution in [1.82, 2.24) is 14.7 Å². The van der Waals surface area contributed by atoms with Gasteiger partial charge in [0.15, 0.2) is 11.5 Å². The van der Waals surface area contributed by atoms with Crippen molar-refractivity contribution in [2.45, 2.75) is 19.4 Å². The van der Waals surface area contributed by atoms with Crippen LogP contribution in [0.5, 0.6) is 11.5 Å². The number of carbonyl (C=O) groups excluding carboxylic acids is 3. The Bertz CT molecular complexity index is 1020. The minimum atomic E-state index is -0.781. The third-order valence-corrected chi connectivity index (χ3v) is 5.86. The number of methoxy groups -OCH3 is 2. The molecular formula is C23H25N3O5. The second-order valence-corrected chi connectivity index (χ2v) is 7.49. The molecule has 2 heterocycles. The Morgan fingerprint density at radius 3 is 2.19 bits per heavy atom. The molecule has 1 fully saturated rings. The summed E-state index contributed by atoms with van der Waals surface area (Å²) in [6.45, 7) is 2.49. The van der Waals surface area contributed by atoms with Crippen molar-refractivity contribution >= 4 is 17.8 Å². The number of ether oxygens (including phenoxy) is 2. The molecule has 162 valence electrons. The second kappa shape index (κ2) is 8.39. The fourth-order valence-electron chi connectivity index (χ4n) is 4.31. The molecule has 31 heavy (non-hydrogen) atoms. The Hall–Kier alpha value is -3.39. The summed E-state index contributed by atoms with van der Waals surface area (Å²) in [5, 5.41) is 0. The summed E-state index contributed by atoms with van der Waals surface area (Å²) in [6.07, 6.45) is 0.709. The van der Waals surface area contributed by atoms with Crippen LogP contribution in [0.25, 0.3) is 0 Å². The Balaban J connectivity index is 1.75. The van der Waals surface area contributed by atoms with Crippen molar-refractivity contribution in [3.63, 3.8) is 0 Å². The third-order valence-electron chi connectivity index (χ3n) is 5.86. The van der Waals surface area contributed by atoms with Gasteiger partial charge in [-0.25, -0.2) is 9.69 Å². The SMILES string of the molecule is CCN1C(=O)C(=O)N(CN2CCc3cc(OC)c(OC)cc3[C@H]2c2ccccc2)C1=O. The summed E-state index contributed by atoms with van der Waals surface area (Å²) in [5.74, 6) is -0.273. The first kappa shape index (κ1) is 20.9. The Morgan fingerprint density at radius 2 is 1.58 bits per heavy atom. The molecule has 8 heteroatoms. The normalized spacial score (nSPS) is 19.1. The molecule has 0 N–H and O–H groups in total. The smallest absolute Gasteiger partial charge is 0.335 e. The van der Waals surface area contributed by atoms with E-state index in [1.165, 1.54) is 0 Å². The summed E-state index contributed by atoms with van der Waals surface area (Å²) in [5.41, 5.74) is 3.16. The number of rotatable bonds is 6. The standard InChI is InChI=1S/C23H25N3O5/c1-4-25-21(27)22(28)26(23(25)29)14-24-11-10-16-12-18(30-2)19(31-3)13-17(16)20(24)15-8-6-5-7-9-15/h5-9,12-13,20H,4,10-11,14H2,1-3H3/t20-/m1/s1. The van der Waals surface area contributed by atoms with E-state index in [1.807, 2.05) is 47.4 Å². The number of likely N-dealkylation sites (N-methyl/N-ethyl adjacent to an activating group) is 1. The van der Waals surface area contributed by atoms with Crippen LogP contribution in [0.2, 0.25) is 0 Å². The first-order valence-corrected chi connectivity index (χ1v) is 10.2. The molecule has 2 aromatic rings. The van der Waals surface area contributed by atoms with Crippen molar-refractivity contribution in [2.75, 3.05) is 34.0 Å². The zero-order valence-electron chi connectivity index (χ0n) is 17.8. The van der Waals surface area contributed by atoms with Gasteiger partial charge in [-0.05, 0) is 42.2 Å². The number of benzene rings is 2. The van der Waals surface area contributed by atoms with Crippen molar-refractivity contribution in [3.8, 4) is 11.5 Å². The van der Waals surface area contributed by atoms with E-state index in [-0.39, 0.29) is 19.3 Å². The predicted molar refractivity (Wildman–Crippen MR) is 113 cm³/mol. The van der Waals surface area contributed by atoms with E-state index in [9.17, 15) is 14.4 Å². The quantitative estimate of drug-likeness (QED) is 0.525. The van der Waals surface area contributed by atoms with Crippen LogP contribution in [0.3, 0.4) is 0 Å². The van der Waals surface area contributed by atoms with Gasteiger partial charge >= 0.3 is 17.8 Å². The minimum Gasteiger partial charge on any atom is -0.493 e. The summed E-state index contributed by atoms with van der Waals surface area (Å²) in [6, 6.07) is 13.0. The largest absolute Gasteiger partial charge is 0.493 e. The molecule has 2 aliphatic rings. The molecule has 2 aliphatic heterocycles. The van der Waals surface area contributed by atoms with Crippen LogP contribution in [-0.2, 0) is 16.0 Å². The van der Waals surface area contributed by atoms with Gasteiger partial charge in [0.25, 0.3) is 0 Å². The number of imide groups is 2. The third kappa shape index (κ3) is 3.53. The van der Waals surface area contributed by atoms with Crippen LogP contribution in [0.15, 0.2) is 42.5 Å². The van der Waals surface area contributed by atoms with Crippen molar-refractivity contribution in [2.24, 2.45) is 0 Å². The van der Waals surface area contributed by atoms with Gasteiger partial charge in [0.2, 0.25) is 0 Å². The molecule has 0 spiro atoms. The second-order valence-electron chi connectivity index (χ2n) is 7.49. The average molecular weight is 423 g/mol. The van der Waals surface area contributed by atoms with Gasteiger partial charge < -0.3 is 9.47 Å². The van der Waals surface area contributed by atoms with E-state index in [1.54, 1.807) is 21.1 Å². The van der Waals surface area contributed by atoms with Crippen molar-refractivity contribution in [3.05, 3.63) is 59.2 Å². The fourth-order valence-corrected chi connectivity index (χ4v) is 4.31. The van der Waals surface area contributed by atoms with Gasteiger partial charge in [0.1, 0.15) is 0 Å². The van der Waals surface area contributed by atoms with Crippen LogP contribution in [0, 0.1) is 0 Å². The van der Waals surface area contributed by atoms with E-state index < -0.39 is 17.8 Å². The lowest BCUT2D eigenvalue weighted by Gasteiger charge is -2.39. The highest BCUT2D eigenvalue weighted by Gasteiger charge is 2.45. The molecule has 1 saturated heterocycles. The van der Waals surface area contributed by atoms with Crippen LogP contribution < -0.4 is 9.47 Å². The lowest BCUT2D eigenvalue weighted by Crippen LogP contribution is -2.46. The number of carbonyl (C=O) groups is 3. The number of nitrogens with zero attached hydrogens (tertiary/aromatic N) is 3. The topological polar surface area (TPSA) is 79.4 Å². The van der Waals surface area contributed by atoms with Gasteiger partial charge in [-0.1, -0.05) is 30.3 Å². The monoisotopic (exact) mass is 423 g/mol. The Labute approximate surface area is 180 Å². The van der Waals surface area contributed by atoms with Crippen LogP contribution in [-0.4, -0.2) is 66.5 Å². The van der Waals surface area contributed by atoms with Gasteiger partial charge in [-0.15, -0.1) is 0 Å². The lowest BCUT2D eigenvalue weighted by atomic mass is 9.88. The molecule has 4 rings (SSSR count). The number of hydrogen-bond acceptors (Lipinski definition) is 6. The number of fused-ring (bicyclic) bond motifs is 1. The number of amides is 4. The van der Waals surface area contributed by atoms with Gasteiger partial charge in [0.05, 0.1) is 26.9 Å². The van der Waals surface area contributed by atoms with E-state index >= 15 is 0 Å². The molecule has 0 aromatic heterocycles. The lowest BCUT2D eigenvalue weighted by molar-refractivity contribution is -0.144. The minimum absolute atomic E-state index is 0.0350. The molecule has 4 amide bonds. The summed E-state index contributed by atoms with van der Waals surface area (Å²) in [4.78, 5) is 41.4. The van der Waals surface area contributed by atoms with Crippen molar-refractivity contribution < 1.29 is 23.9 Å². The Morgan fingerprint density at radius 1 is 0.935 bits per heavy atom. The maximum Gasteiger partial charge on any atom is 0.335 e. The molecule has 2 aromatic carbocycles. The van der Waals surface area contributed by atoms with Gasteiger partial charge in [-0.2, -0.15) is 0 Å². The maximum atomic E-state index is 12.7. The van der Waals surface area contributed by atoms with E-state index in [2.05, 4.69) is 0 Å². The molecule has 8 nitrogen and oxygen atoms in total. The highest BCUT2D eigenvalue weighted by molar-refractivity contribution is 6.44. The first-order valence-electron chi connectivity index (χ1n) is 10.2. The van der Waals surface area contributed by atoms with Gasteiger partial charge in [-0.3, -0.25) is 19.4 Å². The molecule has 0 aliphatic carbocycles. The van der Waals surface area contributed by atoms with E-state index in [4.69, 9.17) is 9.47 Å². The van der Waals surface area contributed by atoms with Crippen LogP contribution >= 0.6 is 0 Å². The average Bonchev–Trinajstić information content (AvgIpc) is 3.00. The van der Waals surface area contributed by atoms with Crippen molar-refractivity contribution in [1.29, 1.82) is 0 Å². The highest BCUT2D eigenvalue weighted by Crippen LogP contribution is 2.41. The molecule has 1 atom stereocenters. The van der Waals surface area contributed by atoms with Crippen LogP contribution in [0.1, 0.15) is 29.7 Å². The molecular weight excluding hydrogens is 398 g/mol. The fraction of sp³-hybridized carbons (Fsp3) is 0.348. The summed E-state index contributed by atoms with van der Waals surface area (Å²) in [7, 11) is 3.20. The summed E-state index contributed by atoms with van der Waals surface area (Å²) < 4.78 is 11.0. The number of hydrogen-bond donors (Lipinski definition) is 0. The zero-order chi connectivity index (χ0) is 22.1. The Kier molecular flexibility index (Phi) is 5.65. The molecule has 0 unspecified atom stereocenters. The molecule has 0 bridgehead atoms. The van der Waals surface area contributed by atoms with E-state index in [0.717, 1.165) is 26.5 Å². The molecule has 0 radical (unpaired) electrons.